The van der Waals surface area contributed by atoms with E-state index in [2.05, 4.69) is 10.0 Å². The highest BCUT2D eigenvalue weighted by Gasteiger charge is 2.30. The Hall–Kier alpha value is -3.31. The van der Waals surface area contributed by atoms with E-state index in [0.29, 0.717) is 5.76 Å². The standard InChI is InChI=1S/C20H17F3N2O5S/c21-20(22,23)14-4-1-6-16(10-14)30-13-19(26)25-15-5-2-8-18(11-15)31(27,28)24-12-17-7-3-9-29-17/h1-11,24H,12-13H2,(H,25,26). The molecule has 3 rings (SSSR count). The molecule has 0 saturated heterocycles. The molecule has 1 amide bonds. The number of sulfonamides is 1. The van der Waals surface area contributed by atoms with Crippen LogP contribution in [0, 0.1) is 0 Å². The van der Waals surface area contributed by atoms with Gasteiger partial charge in [-0.1, -0.05) is 12.1 Å². The van der Waals surface area contributed by atoms with Crippen LogP contribution in [0.4, 0.5) is 18.9 Å². The van der Waals surface area contributed by atoms with E-state index in [1.807, 2.05) is 0 Å². The monoisotopic (exact) mass is 454 g/mol. The molecule has 0 spiro atoms. The second-order valence-electron chi connectivity index (χ2n) is 6.29. The third-order valence-corrected chi connectivity index (χ3v) is 5.37. The quantitative estimate of drug-likeness (QED) is 0.540. The van der Waals surface area contributed by atoms with Crippen molar-refractivity contribution < 1.29 is 35.5 Å². The van der Waals surface area contributed by atoms with Crippen molar-refractivity contribution in [1.82, 2.24) is 4.72 Å². The van der Waals surface area contributed by atoms with Crippen molar-refractivity contribution in [1.29, 1.82) is 0 Å². The summed E-state index contributed by atoms with van der Waals surface area (Å²) in [6, 6.07) is 12.9. The van der Waals surface area contributed by atoms with Crippen molar-refractivity contribution >= 4 is 21.6 Å². The van der Waals surface area contributed by atoms with Crippen molar-refractivity contribution in [3.63, 3.8) is 0 Å². The molecule has 0 bridgehead atoms. The van der Waals surface area contributed by atoms with E-state index in [0.717, 1.165) is 12.1 Å². The minimum Gasteiger partial charge on any atom is -0.484 e. The Bertz CT molecular complexity index is 1150. The normalized spacial score (nSPS) is 11.8. The summed E-state index contributed by atoms with van der Waals surface area (Å²) in [4.78, 5) is 12.0. The van der Waals surface area contributed by atoms with E-state index in [-0.39, 0.29) is 22.9 Å². The van der Waals surface area contributed by atoms with Crippen molar-refractivity contribution in [2.24, 2.45) is 0 Å². The van der Waals surface area contributed by atoms with E-state index >= 15 is 0 Å². The van der Waals surface area contributed by atoms with Gasteiger partial charge < -0.3 is 14.5 Å². The van der Waals surface area contributed by atoms with E-state index in [4.69, 9.17) is 9.15 Å². The fourth-order valence-electron chi connectivity index (χ4n) is 2.51. The molecule has 0 radical (unpaired) electrons. The molecule has 31 heavy (non-hydrogen) atoms. The van der Waals surface area contributed by atoms with Gasteiger partial charge in [0.1, 0.15) is 11.5 Å². The third kappa shape index (κ3) is 6.33. The van der Waals surface area contributed by atoms with Gasteiger partial charge in [-0.3, -0.25) is 4.79 Å². The van der Waals surface area contributed by atoms with E-state index in [1.54, 1.807) is 12.1 Å². The number of benzene rings is 2. The first-order valence-corrected chi connectivity index (χ1v) is 10.3. The largest absolute Gasteiger partial charge is 0.484 e. The first kappa shape index (κ1) is 22.4. The summed E-state index contributed by atoms with van der Waals surface area (Å²) in [5.41, 5.74) is -0.719. The summed E-state index contributed by atoms with van der Waals surface area (Å²) in [5.74, 6) is -0.362. The zero-order valence-corrected chi connectivity index (χ0v) is 16.7. The number of carbonyl (C=O) groups is 1. The summed E-state index contributed by atoms with van der Waals surface area (Å²) < 4.78 is 75.5. The number of ether oxygens (including phenoxy) is 1. The predicted octanol–water partition coefficient (Wildman–Crippen LogP) is 3.79. The SMILES string of the molecule is O=C(COc1cccc(C(F)(F)F)c1)Nc1cccc(S(=O)(=O)NCc2ccco2)c1. The van der Waals surface area contributed by atoms with Crippen LogP contribution in [0.5, 0.6) is 5.75 Å². The molecule has 7 nitrogen and oxygen atoms in total. The Morgan fingerprint density at radius 2 is 1.81 bits per heavy atom. The molecule has 2 aromatic carbocycles. The van der Waals surface area contributed by atoms with Crippen LogP contribution in [0.25, 0.3) is 0 Å². The number of carbonyl (C=O) groups excluding carboxylic acids is 1. The van der Waals surface area contributed by atoms with Crippen LogP contribution in [0.1, 0.15) is 11.3 Å². The molecule has 1 heterocycles. The predicted molar refractivity (Wildman–Crippen MR) is 105 cm³/mol. The fraction of sp³-hybridized carbons (Fsp3) is 0.150. The summed E-state index contributed by atoms with van der Waals surface area (Å²) in [6.07, 6.45) is -3.11. The van der Waals surface area contributed by atoms with Gasteiger partial charge in [-0.15, -0.1) is 0 Å². The molecule has 0 aliphatic rings. The van der Waals surface area contributed by atoms with Crippen LogP contribution < -0.4 is 14.8 Å². The molecule has 3 aromatic rings. The minimum atomic E-state index is -4.53. The Morgan fingerprint density at radius 3 is 2.52 bits per heavy atom. The molecule has 164 valence electrons. The Balaban J connectivity index is 1.59. The Kier molecular flexibility index (Phi) is 6.66. The van der Waals surface area contributed by atoms with Crippen molar-refractivity contribution in [3.8, 4) is 5.75 Å². The molecular formula is C20H17F3N2O5S. The van der Waals surface area contributed by atoms with Crippen LogP contribution in [0.3, 0.4) is 0 Å². The third-order valence-electron chi connectivity index (χ3n) is 3.98. The fourth-order valence-corrected chi connectivity index (χ4v) is 3.55. The second kappa shape index (κ2) is 9.23. The maximum atomic E-state index is 12.7. The molecule has 0 atom stereocenters. The lowest BCUT2D eigenvalue weighted by Gasteiger charge is -2.11. The van der Waals surface area contributed by atoms with Gasteiger partial charge >= 0.3 is 6.18 Å². The average Bonchev–Trinajstić information content (AvgIpc) is 3.24. The summed E-state index contributed by atoms with van der Waals surface area (Å²) in [6.45, 7) is -0.605. The maximum Gasteiger partial charge on any atom is 0.416 e. The number of hydrogen-bond acceptors (Lipinski definition) is 5. The second-order valence-corrected chi connectivity index (χ2v) is 8.06. The molecule has 1 aromatic heterocycles. The van der Waals surface area contributed by atoms with E-state index < -0.39 is 34.3 Å². The Labute approximate surface area is 175 Å². The zero-order chi connectivity index (χ0) is 22.5. The summed E-state index contributed by atoms with van der Waals surface area (Å²) in [5, 5.41) is 2.44. The van der Waals surface area contributed by atoms with Gasteiger partial charge in [0.15, 0.2) is 6.61 Å². The van der Waals surface area contributed by atoms with Gasteiger partial charge in [-0.25, -0.2) is 13.1 Å². The summed E-state index contributed by atoms with van der Waals surface area (Å²) in [7, 11) is -3.87. The number of anilines is 1. The van der Waals surface area contributed by atoms with Gasteiger partial charge in [-0.05, 0) is 48.5 Å². The van der Waals surface area contributed by atoms with Crippen molar-refractivity contribution in [2.45, 2.75) is 17.6 Å². The van der Waals surface area contributed by atoms with Crippen molar-refractivity contribution in [3.05, 3.63) is 78.3 Å². The van der Waals surface area contributed by atoms with Gasteiger partial charge in [0.2, 0.25) is 10.0 Å². The van der Waals surface area contributed by atoms with Crippen molar-refractivity contribution in [2.75, 3.05) is 11.9 Å². The van der Waals surface area contributed by atoms with Crippen LogP contribution in [-0.2, 0) is 27.5 Å². The van der Waals surface area contributed by atoms with Gasteiger partial charge in [0, 0.05) is 5.69 Å². The number of amides is 1. The number of furan rings is 1. The molecule has 0 unspecified atom stereocenters. The molecule has 0 aliphatic carbocycles. The lowest BCUT2D eigenvalue weighted by atomic mass is 10.2. The van der Waals surface area contributed by atoms with Gasteiger partial charge in [0.05, 0.1) is 23.3 Å². The number of alkyl halides is 3. The van der Waals surface area contributed by atoms with Crippen LogP contribution in [-0.4, -0.2) is 20.9 Å². The van der Waals surface area contributed by atoms with E-state index in [1.165, 1.54) is 42.7 Å². The lowest BCUT2D eigenvalue weighted by molar-refractivity contribution is -0.137. The average molecular weight is 454 g/mol. The topological polar surface area (TPSA) is 97.6 Å². The zero-order valence-electron chi connectivity index (χ0n) is 15.8. The molecule has 0 saturated carbocycles. The number of halogens is 3. The first-order valence-electron chi connectivity index (χ1n) is 8.85. The molecule has 0 aliphatic heterocycles. The Morgan fingerprint density at radius 1 is 1.03 bits per heavy atom. The minimum absolute atomic E-state index is 0.0449. The highest BCUT2D eigenvalue weighted by Crippen LogP contribution is 2.31. The number of nitrogens with one attached hydrogen (secondary N) is 2. The number of hydrogen-bond donors (Lipinski definition) is 2. The van der Waals surface area contributed by atoms with Gasteiger partial charge in [-0.2, -0.15) is 13.2 Å². The van der Waals surface area contributed by atoms with Gasteiger partial charge in [0.25, 0.3) is 5.91 Å². The van der Waals surface area contributed by atoms with Crippen LogP contribution >= 0.6 is 0 Å². The smallest absolute Gasteiger partial charge is 0.416 e. The lowest BCUT2D eigenvalue weighted by Crippen LogP contribution is -2.24. The van der Waals surface area contributed by atoms with E-state index in [9.17, 15) is 26.4 Å². The van der Waals surface area contributed by atoms with Crippen LogP contribution in [0.15, 0.2) is 76.2 Å². The molecule has 2 N–H and O–H groups in total. The highest BCUT2D eigenvalue weighted by atomic mass is 32.2. The molecular weight excluding hydrogens is 437 g/mol. The number of rotatable bonds is 8. The highest BCUT2D eigenvalue weighted by molar-refractivity contribution is 7.89. The first-order chi connectivity index (χ1) is 14.6. The summed E-state index contributed by atoms with van der Waals surface area (Å²) >= 11 is 0. The maximum absolute atomic E-state index is 12.7. The van der Waals surface area contributed by atoms with Crippen LogP contribution in [0.2, 0.25) is 0 Å². The molecule has 11 heteroatoms. The molecule has 0 fully saturated rings.